The zero-order chi connectivity index (χ0) is 7.56. The van der Waals surface area contributed by atoms with Crippen LogP contribution in [0.1, 0.15) is 20.3 Å². The molecule has 2 heteroatoms. The second kappa shape index (κ2) is 3.15. The minimum absolute atomic E-state index is 0.333. The molecule has 0 aliphatic carbocycles. The van der Waals surface area contributed by atoms with Crippen LogP contribution in [0.2, 0.25) is 0 Å². The van der Waals surface area contributed by atoms with Gasteiger partial charge in [0.1, 0.15) is 5.78 Å². The van der Waals surface area contributed by atoms with E-state index in [-0.39, 0.29) is 0 Å². The molecular formula is C8H15NO. The van der Waals surface area contributed by atoms with Crippen molar-refractivity contribution in [3.63, 3.8) is 0 Å². The van der Waals surface area contributed by atoms with Gasteiger partial charge in [0.2, 0.25) is 0 Å². The lowest BCUT2D eigenvalue weighted by Crippen LogP contribution is -2.21. The second-order valence-corrected chi connectivity index (χ2v) is 2.99. The molecule has 0 amide bonds. The van der Waals surface area contributed by atoms with Crippen LogP contribution >= 0.6 is 0 Å². The maximum Gasteiger partial charge on any atom is 0.134 e. The van der Waals surface area contributed by atoms with Gasteiger partial charge < -0.3 is 4.90 Å². The third-order valence-electron chi connectivity index (χ3n) is 2.29. The Bertz CT molecular complexity index is 133. The SMILES string of the molecule is CCN1CCC(C(C)=O)C1. The molecule has 58 valence electrons. The molecule has 10 heavy (non-hydrogen) atoms. The largest absolute Gasteiger partial charge is 0.303 e. The first-order valence-electron chi connectivity index (χ1n) is 3.97. The molecule has 1 rings (SSSR count). The predicted molar refractivity (Wildman–Crippen MR) is 40.9 cm³/mol. The van der Waals surface area contributed by atoms with Gasteiger partial charge in [-0.3, -0.25) is 4.79 Å². The van der Waals surface area contributed by atoms with E-state index in [1.807, 2.05) is 0 Å². The van der Waals surface area contributed by atoms with E-state index in [4.69, 9.17) is 0 Å². The molecule has 1 saturated heterocycles. The number of hydrogen-bond donors (Lipinski definition) is 0. The molecule has 1 unspecified atom stereocenters. The number of ketones is 1. The number of likely N-dealkylation sites (tertiary alicyclic amines) is 1. The lowest BCUT2D eigenvalue weighted by atomic mass is 10.1. The molecule has 1 atom stereocenters. The first kappa shape index (κ1) is 7.73. The highest BCUT2D eigenvalue weighted by Crippen LogP contribution is 2.15. The molecule has 2 nitrogen and oxygen atoms in total. The molecule has 1 aliphatic rings. The van der Waals surface area contributed by atoms with Gasteiger partial charge in [0.15, 0.2) is 0 Å². The van der Waals surface area contributed by atoms with E-state index in [9.17, 15) is 4.79 Å². The third kappa shape index (κ3) is 1.57. The van der Waals surface area contributed by atoms with Crippen molar-refractivity contribution in [3.05, 3.63) is 0 Å². The minimum Gasteiger partial charge on any atom is -0.303 e. The summed E-state index contributed by atoms with van der Waals surface area (Å²) in [5.74, 6) is 0.691. The number of nitrogens with zero attached hydrogens (tertiary/aromatic N) is 1. The van der Waals surface area contributed by atoms with Gasteiger partial charge in [-0.2, -0.15) is 0 Å². The van der Waals surface area contributed by atoms with Crippen LogP contribution in [0.15, 0.2) is 0 Å². The molecular weight excluding hydrogens is 126 g/mol. The molecule has 0 aromatic rings. The zero-order valence-electron chi connectivity index (χ0n) is 6.76. The molecule has 0 radical (unpaired) electrons. The van der Waals surface area contributed by atoms with Crippen molar-refractivity contribution in [1.29, 1.82) is 0 Å². The lowest BCUT2D eigenvalue weighted by molar-refractivity contribution is -0.120. The topological polar surface area (TPSA) is 20.3 Å². The van der Waals surface area contributed by atoms with Crippen LogP contribution in [0.5, 0.6) is 0 Å². The molecule has 1 heterocycles. The Morgan fingerprint density at radius 1 is 1.70 bits per heavy atom. The minimum atomic E-state index is 0.333. The zero-order valence-corrected chi connectivity index (χ0v) is 6.76. The first-order valence-corrected chi connectivity index (χ1v) is 3.97. The Morgan fingerprint density at radius 2 is 2.40 bits per heavy atom. The van der Waals surface area contributed by atoms with E-state index in [0.29, 0.717) is 11.7 Å². The average Bonchev–Trinajstić information content (AvgIpc) is 2.34. The van der Waals surface area contributed by atoms with Gasteiger partial charge in [0, 0.05) is 12.5 Å². The molecule has 0 spiro atoms. The fourth-order valence-electron chi connectivity index (χ4n) is 1.45. The van der Waals surface area contributed by atoms with Crippen molar-refractivity contribution in [1.82, 2.24) is 4.90 Å². The fraction of sp³-hybridized carbons (Fsp3) is 0.875. The summed E-state index contributed by atoms with van der Waals surface area (Å²) >= 11 is 0. The Morgan fingerprint density at radius 3 is 2.70 bits per heavy atom. The highest BCUT2D eigenvalue weighted by molar-refractivity contribution is 5.78. The Hall–Kier alpha value is -0.370. The maximum atomic E-state index is 10.9. The van der Waals surface area contributed by atoms with Crippen molar-refractivity contribution in [2.75, 3.05) is 19.6 Å². The van der Waals surface area contributed by atoms with Crippen molar-refractivity contribution < 1.29 is 4.79 Å². The van der Waals surface area contributed by atoms with E-state index < -0.39 is 0 Å². The Labute approximate surface area is 62.2 Å². The third-order valence-corrected chi connectivity index (χ3v) is 2.29. The Balaban J connectivity index is 2.35. The Kier molecular flexibility index (Phi) is 2.44. The number of rotatable bonds is 2. The summed E-state index contributed by atoms with van der Waals surface area (Å²) in [6, 6.07) is 0. The van der Waals surface area contributed by atoms with Gasteiger partial charge in [-0.05, 0) is 26.4 Å². The first-order chi connectivity index (χ1) is 4.74. The molecule has 0 saturated carbocycles. The molecule has 1 fully saturated rings. The normalized spacial score (nSPS) is 27.2. The fourth-order valence-corrected chi connectivity index (χ4v) is 1.45. The van der Waals surface area contributed by atoms with Crippen molar-refractivity contribution in [2.24, 2.45) is 5.92 Å². The van der Waals surface area contributed by atoms with Crippen molar-refractivity contribution >= 4 is 5.78 Å². The van der Waals surface area contributed by atoms with Crippen LogP contribution < -0.4 is 0 Å². The van der Waals surface area contributed by atoms with Gasteiger partial charge in [-0.1, -0.05) is 6.92 Å². The van der Waals surface area contributed by atoms with Crippen LogP contribution in [-0.2, 0) is 4.79 Å². The van der Waals surface area contributed by atoms with Crippen LogP contribution in [0.3, 0.4) is 0 Å². The summed E-state index contributed by atoms with van der Waals surface area (Å²) in [5, 5.41) is 0. The van der Waals surface area contributed by atoms with Gasteiger partial charge in [-0.15, -0.1) is 0 Å². The van der Waals surface area contributed by atoms with Crippen molar-refractivity contribution in [3.8, 4) is 0 Å². The molecule has 1 aliphatic heterocycles. The van der Waals surface area contributed by atoms with Crippen molar-refractivity contribution in [2.45, 2.75) is 20.3 Å². The number of hydrogen-bond acceptors (Lipinski definition) is 2. The van der Waals surface area contributed by atoms with Crippen LogP contribution in [0.25, 0.3) is 0 Å². The summed E-state index contributed by atoms with van der Waals surface area (Å²) in [4.78, 5) is 13.2. The standard InChI is InChI=1S/C8H15NO/c1-3-9-5-4-8(6-9)7(2)10/h8H,3-6H2,1-2H3. The summed E-state index contributed by atoms with van der Waals surface area (Å²) in [6.07, 6.45) is 1.07. The summed E-state index contributed by atoms with van der Waals surface area (Å²) in [7, 11) is 0. The lowest BCUT2D eigenvalue weighted by Gasteiger charge is -2.10. The van der Waals surface area contributed by atoms with Crippen LogP contribution in [0, 0.1) is 5.92 Å². The molecule has 0 bridgehead atoms. The maximum absolute atomic E-state index is 10.9. The summed E-state index contributed by atoms with van der Waals surface area (Å²) < 4.78 is 0. The van der Waals surface area contributed by atoms with E-state index in [2.05, 4.69) is 11.8 Å². The predicted octanol–water partition coefficient (Wildman–Crippen LogP) is 0.917. The van der Waals surface area contributed by atoms with Gasteiger partial charge in [0.05, 0.1) is 0 Å². The monoisotopic (exact) mass is 141 g/mol. The average molecular weight is 141 g/mol. The summed E-state index contributed by atoms with van der Waals surface area (Å²) in [5.41, 5.74) is 0. The van der Waals surface area contributed by atoms with E-state index in [1.165, 1.54) is 0 Å². The van der Waals surface area contributed by atoms with E-state index in [1.54, 1.807) is 6.92 Å². The summed E-state index contributed by atoms with van der Waals surface area (Å²) in [6.45, 7) is 7.03. The van der Waals surface area contributed by atoms with Crippen LogP contribution in [0.4, 0.5) is 0 Å². The highest BCUT2D eigenvalue weighted by atomic mass is 16.1. The quantitative estimate of drug-likeness (QED) is 0.570. The number of carbonyl (C=O) groups is 1. The number of carbonyl (C=O) groups excluding carboxylic acids is 1. The molecule has 0 N–H and O–H groups in total. The highest BCUT2D eigenvalue weighted by Gasteiger charge is 2.23. The second-order valence-electron chi connectivity index (χ2n) is 2.99. The molecule has 0 aromatic carbocycles. The van der Waals surface area contributed by atoms with E-state index >= 15 is 0 Å². The van der Waals surface area contributed by atoms with Gasteiger partial charge in [0.25, 0.3) is 0 Å². The van der Waals surface area contributed by atoms with E-state index in [0.717, 1.165) is 26.1 Å². The van der Waals surface area contributed by atoms with Gasteiger partial charge in [-0.25, -0.2) is 0 Å². The smallest absolute Gasteiger partial charge is 0.134 e. The number of Topliss-reactive ketones (excluding diaryl/α,β-unsaturated/α-hetero) is 1. The van der Waals surface area contributed by atoms with Crippen LogP contribution in [-0.4, -0.2) is 30.3 Å². The van der Waals surface area contributed by atoms with Gasteiger partial charge >= 0.3 is 0 Å². The molecule has 0 aromatic heterocycles.